The van der Waals surface area contributed by atoms with Crippen molar-refractivity contribution >= 4 is 21.8 Å². The van der Waals surface area contributed by atoms with E-state index in [1.54, 1.807) is 12.1 Å². The van der Waals surface area contributed by atoms with Gasteiger partial charge in [-0.1, -0.05) is 46.3 Å². The molecule has 0 aromatic heterocycles. The predicted octanol–water partition coefficient (Wildman–Crippen LogP) is 3.13. The molecular weight excluding hydrogens is 294 g/mol. The SMILES string of the molecule is NC(=O)c1cc(Br)ccc1OCc1ccccc1. The van der Waals surface area contributed by atoms with E-state index in [0.717, 1.165) is 10.0 Å². The van der Waals surface area contributed by atoms with Crippen LogP contribution in [0, 0.1) is 0 Å². The molecule has 0 spiro atoms. The molecule has 0 fully saturated rings. The second-order valence-electron chi connectivity index (χ2n) is 3.78. The van der Waals surface area contributed by atoms with Crippen LogP contribution in [-0.2, 0) is 6.61 Å². The number of amides is 1. The van der Waals surface area contributed by atoms with Crippen molar-refractivity contribution in [1.82, 2.24) is 0 Å². The van der Waals surface area contributed by atoms with Gasteiger partial charge in [0, 0.05) is 4.47 Å². The Hall–Kier alpha value is -1.81. The van der Waals surface area contributed by atoms with Gasteiger partial charge in [-0.3, -0.25) is 4.79 Å². The molecule has 2 aromatic rings. The number of carbonyl (C=O) groups is 1. The smallest absolute Gasteiger partial charge is 0.252 e. The van der Waals surface area contributed by atoms with Crippen LogP contribution in [0.3, 0.4) is 0 Å². The summed E-state index contributed by atoms with van der Waals surface area (Å²) < 4.78 is 6.41. The molecule has 0 saturated carbocycles. The number of nitrogens with two attached hydrogens (primary N) is 1. The van der Waals surface area contributed by atoms with E-state index in [1.807, 2.05) is 36.4 Å². The molecule has 0 aliphatic rings. The third kappa shape index (κ3) is 3.11. The first-order valence-electron chi connectivity index (χ1n) is 5.43. The van der Waals surface area contributed by atoms with Gasteiger partial charge >= 0.3 is 0 Å². The second kappa shape index (κ2) is 5.69. The van der Waals surface area contributed by atoms with Gasteiger partial charge in [0.2, 0.25) is 0 Å². The lowest BCUT2D eigenvalue weighted by molar-refractivity contribution is 0.0996. The van der Waals surface area contributed by atoms with Crippen molar-refractivity contribution in [3.63, 3.8) is 0 Å². The molecule has 0 unspecified atom stereocenters. The fourth-order valence-electron chi connectivity index (χ4n) is 1.56. The second-order valence-corrected chi connectivity index (χ2v) is 4.69. The summed E-state index contributed by atoms with van der Waals surface area (Å²) in [6.07, 6.45) is 0. The Morgan fingerprint density at radius 1 is 1.17 bits per heavy atom. The maximum absolute atomic E-state index is 11.3. The number of carbonyl (C=O) groups excluding carboxylic acids is 1. The third-order valence-corrected chi connectivity index (χ3v) is 2.94. The van der Waals surface area contributed by atoms with Gasteiger partial charge in [-0.05, 0) is 23.8 Å². The number of rotatable bonds is 4. The van der Waals surface area contributed by atoms with E-state index < -0.39 is 5.91 Å². The fourth-order valence-corrected chi connectivity index (χ4v) is 1.92. The molecule has 2 aromatic carbocycles. The quantitative estimate of drug-likeness (QED) is 0.943. The van der Waals surface area contributed by atoms with Crippen molar-refractivity contribution in [2.75, 3.05) is 0 Å². The molecule has 0 bridgehead atoms. The van der Waals surface area contributed by atoms with Gasteiger partial charge < -0.3 is 10.5 Å². The van der Waals surface area contributed by atoms with Crippen LogP contribution < -0.4 is 10.5 Å². The van der Waals surface area contributed by atoms with E-state index >= 15 is 0 Å². The number of benzene rings is 2. The van der Waals surface area contributed by atoms with Crippen LogP contribution in [0.4, 0.5) is 0 Å². The summed E-state index contributed by atoms with van der Waals surface area (Å²) in [5.74, 6) is -0.00563. The lowest BCUT2D eigenvalue weighted by Gasteiger charge is -2.10. The number of hydrogen-bond acceptors (Lipinski definition) is 2. The summed E-state index contributed by atoms with van der Waals surface area (Å²) in [4.78, 5) is 11.3. The van der Waals surface area contributed by atoms with Crippen molar-refractivity contribution in [3.05, 3.63) is 64.1 Å². The van der Waals surface area contributed by atoms with Crippen LogP contribution >= 0.6 is 15.9 Å². The van der Waals surface area contributed by atoms with Gasteiger partial charge in [-0.25, -0.2) is 0 Å². The Morgan fingerprint density at radius 2 is 1.89 bits per heavy atom. The largest absolute Gasteiger partial charge is 0.488 e. The first kappa shape index (κ1) is 12.6. The van der Waals surface area contributed by atoms with E-state index in [-0.39, 0.29) is 0 Å². The molecule has 18 heavy (non-hydrogen) atoms. The van der Waals surface area contributed by atoms with Crippen molar-refractivity contribution in [1.29, 1.82) is 0 Å². The zero-order valence-corrected chi connectivity index (χ0v) is 11.2. The Bertz CT molecular complexity index is 555. The molecule has 0 aliphatic carbocycles. The van der Waals surface area contributed by atoms with Crippen LogP contribution in [0.25, 0.3) is 0 Å². The van der Waals surface area contributed by atoms with E-state index in [9.17, 15) is 4.79 Å². The van der Waals surface area contributed by atoms with Gasteiger partial charge in [0.25, 0.3) is 5.91 Å². The zero-order valence-electron chi connectivity index (χ0n) is 9.60. The summed E-state index contributed by atoms with van der Waals surface area (Å²) in [5.41, 5.74) is 6.73. The lowest BCUT2D eigenvalue weighted by atomic mass is 10.2. The summed E-state index contributed by atoms with van der Waals surface area (Å²) in [6.45, 7) is 0.406. The first-order chi connectivity index (χ1) is 8.66. The maximum Gasteiger partial charge on any atom is 0.252 e. The summed E-state index contributed by atoms with van der Waals surface area (Å²) >= 11 is 3.30. The predicted molar refractivity (Wildman–Crippen MR) is 73.4 cm³/mol. The number of hydrogen-bond donors (Lipinski definition) is 1. The third-order valence-electron chi connectivity index (χ3n) is 2.44. The molecule has 3 nitrogen and oxygen atoms in total. The van der Waals surface area contributed by atoms with Gasteiger partial charge in [0.05, 0.1) is 5.56 Å². The molecule has 2 rings (SSSR count). The van der Waals surface area contributed by atoms with E-state index in [2.05, 4.69) is 15.9 Å². The number of ether oxygens (including phenoxy) is 1. The average molecular weight is 306 g/mol. The molecule has 0 aliphatic heterocycles. The van der Waals surface area contributed by atoms with Gasteiger partial charge in [0.1, 0.15) is 12.4 Å². The molecule has 2 N–H and O–H groups in total. The van der Waals surface area contributed by atoms with Crippen LogP contribution in [0.5, 0.6) is 5.75 Å². The first-order valence-corrected chi connectivity index (χ1v) is 6.22. The van der Waals surface area contributed by atoms with E-state index in [1.165, 1.54) is 0 Å². The Kier molecular flexibility index (Phi) is 3.99. The van der Waals surface area contributed by atoms with Crippen LogP contribution in [-0.4, -0.2) is 5.91 Å². The van der Waals surface area contributed by atoms with Crippen LogP contribution in [0.1, 0.15) is 15.9 Å². The molecule has 0 saturated heterocycles. The van der Waals surface area contributed by atoms with Crippen molar-refractivity contribution < 1.29 is 9.53 Å². The molecule has 1 amide bonds. The summed E-state index contributed by atoms with van der Waals surface area (Å²) in [6, 6.07) is 14.9. The molecule has 0 atom stereocenters. The zero-order chi connectivity index (χ0) is 13.0. The summed E-state index contributed by atoms with van der Waals surface area (Å²) in [7, 11) is 0. The summed E-state index contributed by atoms with van der Waals surface area (Å²) in [5, 5.41) is 0. The molecular formula is C14H12BrNO2. The van der Waals surface area contributed by atoms with Gasteiger partial charge in [-0.2, -0.15) is 0 Å². The fraction of sp³-hybridized carbons (Fsp3) is 0.0714. The minimum Gasteiger partial charge on any atom is -0.488 e. The Balaban J connectivity index is 2.17. The Labute approximate surface area is 114 Å². The van der Waals surface area contributed by atoms with Crippen LogP contribution in [0.15, 0.2) is 53.0 Å². The average Bonchev–Trinajstić information content (AvgIpc) is 2.38. The number of halogens is 1. The maximum atomic E-state index is 11.3. The highest BCUT2D eigenvalue weighted by molar-refractivity contribution is 9.10. The van der Waals surface area contributed by atoms with E-state index in [4.69, 9.17) is 10.5 Å². The molecule has 92 valence electrons. The van der Waals surface area contributed by atoms with Gasteiger partial charge in [0.15, 0.2) is 0 Å². The monoisotopic (exact) mass is 305 g/mol. The highest BCUT2D eigenvalue weighted by Crippen LogP contribution is 2.23. The minimum atomic E-state index is -0.501. The standard InChI is InChI=1S/C14H12BrNO2/c15-11-6-7-13(12(8-11)14(16)17)18-9-10-4-2-1-3-5-10/h1-8H,9H2,(H2,16,17). The van der Waals surface area contributed by atoms with Crippen molar-refractivity contribution in [2.45, 2.75) is 6.61 Å². The molecule has 4 heteroatoms. The van der Waals surface area contributed by atoms with E-state index in [0.29, 0.717) is 17.9 Å². The van der Waals surface area contributed by atoms with Crippen molar-refractivity contribution in [2.24, 2.45) is 5.73 Å². The van der Waals surface area contributed by atoms with Gasteiger partial charge in [-0.15, -0.1) is 0 Å². The molecule has 0 heterocycles. The van der Waals surface area contributed by atoms with Crippen LogP contribution in [0.2, 0.25) is 0 Å². The lowest BCUT2D eigenvalue weighted by Crippen LogP contribution is -2.13. The highest BCUT2D eigenvalue weighted by atomic mass is 79.9. The topological polar surface area (TPSA) is 52.3 Å². The molecule has 0 radical (unpaired) electrons. The highest BCUT2D eigenvalue weighted by Gasteiger charge is 2.10. The van der Waals surface area contributed by atoms with Crippen molar-refractivity contribution in [3.8, 4) is 5.75 Å². The Morgan fingerprint density at radius 3 is 2.56 bits per heavy atom. The normalized spacial score (nSPS) is 10.1. The minimum absolute atomic E-state index is 0.375. The number of primary amides is 1.